The van der Waals surface area contributed by atoms with Crippen molar-refractivity contribution in [3.05, 3.63) is 102 Å². The number of anilines is 1. The van der Waals surface area contributed by atoms with E-state index in [1.807, 2.05) is 42.5 Å². The maximum absolute atomic E-state index is 12.4. The molecule has 0 atom stereocenters. The highest BCUT2D eigenvalue weighted by molar-refractivity contribution is 6.01. The number of benzene rings is 4. The van der Waals surface area contributed by atoms with Gasteiger partial charge in [0.15, 0.2) is 6.61 Å². The Bertz CT molecular complexity index is 1300. The second-order valence-corrected chi connectivity index (χ2v) is 7.19. The number of para-hydroxylation sites is 1. The van der Waals surface area contributed by atoms with E-state index in [1.54, 1.807) is 48.5 Å². The van der Waals surface area contributed by atoms with Crippen LogP contribution in [0.25, 0.3) is 10.8 Å². The van der Waals surface area contributed by atoms with E-state index < -0.39 is 5.91 Å². The van der Waals surface area contributed by atoms with E-state index in [-0.39, 0.29) is 23.8 Å². The normalized spacial score (nSPS) is 10.8. The second kappa shape index (κ2) is 10.1. The molecule has 0 heterocycles. The average Bonchev–Trinajstić information content (AvgIpc) is 2.83. The number of nitrogens with one attached hydrogen (secondary N) is 2. The van der Waals surface area contributed by atoms with Gasteiger partial charge in [0.25, 0.3) is 11.8 Å². The van der Waals surface area contributed by atoms with Crippen molar-refractivity contribution in [2.45, 2.75) is 0 Å². The van der Waals surface area contributed by atoms with Crippen molar-refractivity contribution in [2.75, 3.05) is 11.9 Å². The lowest BCUT2D eigenvalue weighted by molar-refractivity contribution is -0.118. The van der Waals surface area contributed by atoms with E-state index in [0.29, 0.717) is 11.4 Å². The summed E-state index contributed by atoms with van der Waals surface area (Å²) in [6.07, 6.45) is 1.47. The Kier molecular flexibility index (Phi) is 6.61. The van der Waals surface area contributed by atoms with Gasteiger partial charge in [-0.25, -0.2) is 5.43 Å². The molecule has 33 heavy (non-hydrogen) atoms. The molecule has 7 nitrogen and oxygen atoms in total. The summed E-state index contributed by atoms with van der Waals surface area (Å²) in [5, 5.41) is 18.5. The van der Waals surface area contributed by atoms with Gasteiger partial charge in [-0.05, 0) is 64.9 Å². The third-order valence-electron chi connectivity index (χ3n) is 4.80. The van der Waals surface area contributed by atoms with E-state index in [1.165, 1.54) is 6.21 Å². The van der Waals surface area contributed by atoms with Crippen molar-refractivity contribution >= 4 is 34.5 Å². The lowest BCUT2D eigenvalue weighted by Gasteiger charge is -2.07. The van der Waals surface area contributed by atoms with Crippen LogP contribution in [0.5, 0.6) is 11.5 Å². The van der Waals surface area contributed by atoms with Gasteiger partial charge in [-0.15, -0.1) is 0 Å². The number of hydrogen-bond acceptors (Lipinski definition) is 5. The molecule has 0 aliphatic rings. The molecule has 0 aromatic heterocycles. The summed E-state index contributed by atoms with van der Waals surface area (Å²) in [4.78, 5) is 24.3. The molecule has 0 saturated carbocycles. The molecule has 0 saturated heterocycles. The minimum Gasteiger partial charge on any atom is -0.507 e. The van der Waals surface area contributed by atoms with Crippen molar-refractivity contribution in [1.82, 2.24) is 5.43 Å². The monoisotopic (exact) mass is 439 g/mol. The van der Waals surface area contributed by atoms with Crippen LogP contribution < -0.4 is 15.5 Å². The number of fused-ring (bicyclic) bond motifs is 1. The molecule has 4 aromatic carbocycles. The number of hydrazone groups is 1. The zero-order chi connectivity index (χ0) is 23.0. The molecular formula is C26H21N3O4. The predicted molar refractivity (Wildman–Crippen MR) is 128 cm³/mol. The first-order chi connectivity index (χ1) is 16.1. The largest absolute Gasteiger partial charge is 0.507 e. The molecule has 4 rings (SSSR count). The van der Waals surface area contributed by atoms with Gasteiger partial charge >= 0.3 is 0 Å². The minimum absolute atomic E-state index is 0.112. The highest BCUT2D eigenvalue weighted by Gasteiger charge is 2.11. The molecule has 0 fully saturated rings. The summed E-state index contributed by atoms with van der Waals surface area (Å²) >= 11 is 0. The lowest BCUT2D eigenvalue weighted by atomic mass is 10.1. The smallest absolute Gasteiger partial charge is 0.275 e. The molecule has 0 unspecified atom stereocenters. The SMILES string of the molecule is O=C(COc1ccc(/C=N\NC(=O)c2cc3ccccc3cc2O)cc1)Nc1ccccc1. The molecule has 0 spiro atoms. The van der Waals surface area contributed by atoms with Crippen LogP contribution in [-0.4, -0.2) is 29.7 Å². The zero-order valence-corrected chi connectivity index (χ0v) is 17.6. The number of carbonyl (C=O) groups is 2. The lowest BCUT2D eigenvalue weighted by Crippen LogP contribution is -2.20. The Morgan fingerprint density at radius 3 is 2.27 bits per heavy atom. The quantitative estimate of drug-likeness (QED) is 0.295. The maximum Gasteiger partial charge on any atom is 0.275 e. The van der Waals surface area contributed by atoms with Crippen molar-refractivity contribution in [2.24, 2.45) is 5.10 Å². The Balaban J connectivity index is 1.30. The van der Waals surface area contributed by atoms with Gasteiger partial charge in [-0.2, -0.15) is 5.10 Å². The number of rotatable bonds is 7. The van der Waals surface area contributed by atoms with Crippen molar-refractivity contribution < 1.29 is 19.4 Å². The van der Waals surface area contributed by atoms with Gasteiger partial charge in [-0.3, -0.25) is 9.59 Å². The number of phenolic OH excluding ortho intramolecular Hbond substituents is 1. The van der Waals surface area contributed by atoms with Crippen molar-refractivity contribution in [3.63, 3.8) is 0 Å². The summed E-state index contributed by atoms with van der Waals surface area (Å²) in [7, 11) is 0. The van der Waals surface area contributed by atoms with E-state index in [0.717, 1.165) is 16.3 Å². The van der Waals surface area contributed by atoms with Crippen molar-refractivity contribution in [3.8, 4) is 11.5 Å². The summed E-state index contributed by atoms with van der Waals surface area (Å²) in [5.41, 5.74) is 3.99. The van der Waals surface area contributed by atoms with Crippen LogP contribution in [0.4, 0.5) is 5.69 Å². The molecule has 2 amide bonds. The molecule has 3 N–H and O–H groups in total. The molecule has 7 heteroatoms. The number of hydrogen-bond donors (Lipinski definition) is 3. The Morgan fingerprint density at radius 2 is 1.55 bits per heavy atom. The van der Waals surface area contributed by atoms with E-state index in [4.69, 9.17) is 4.74 Å². The number of aromatic hydroxyl groups is 1. The highest BCUT2D eigenvalue weighted by Crippen LogP contribution is 2.24. The van der Waals surface area contributed by atoms with Gasteiger partial charge in [0, 0.05) is 5.69 Å². The summed E-state index contributed by atoms with van der Waals surface area (Å²) in [5.74, 6) is -0.356. The maximum atomic E-state index is 12.4. The van der Waals surface area contributed by atoms with Crippen LogP contribution in [0.2, 0.25) is 0 Å². The van der Waals surface area contributed by atoms with Crippen LogP contribution in [0.15, 0.2) is 96.1 Å². The first-order valence-corrected chi connectivity index (χ1v) is 10.2. The molecule has 0 bridgehead atoms. The van der Waals surface area contributed by atoms with Crippen LogP contribution >= 0.6 is 0 Å². The number of nitrogens with zero attached hydrogens (tertiary/aromatic N) is 1. The molecule has 4 aromatic rings. The average molecular weight is 439 g/mol. The Morgan fingerprint density at radius 1 is 0.879 bits per heavy atom. The van der Waals surface area contributed by atoms with Gasteiger partial charge in [0.05, 0.1) is 11.8 Å². The first kappa shape index (κ1) is 21.6. The van der Waals surface area contributed by atoms with Gasteiger partial charge < -0.3 is 15.2 Å². The number of phenols is 1. The van der Waals surface area contributed by atoms with E-state index >= 15 is 0 Å². The molecule has 0 radical (unpaired) electrons. The van der Waals surface area contributed by atoms with E-state index in [2.05, 4.69) is 15.8 Å². The van der Waals surface area contributed by atoms with Crippen LogP contribution in [-0.2, 0) is 4.79 Å². The zero-order valence-electron chi connectivity index (χ0n) is 17.6. The minimum atomic E-state index is -0.515. The molecule has 0 aliphatic carbocycles. The summed E-state index contributed by atoms with van der Waals surface area (Å²) < 4.78 is 5.49. The van der Waals surface area contributed by atoms with Crippen LogP contribution in [0.3, 0.4) is 0 Å². The Hall–Kier alpha value is -4.65. The number of ether oxygens (including phenoxy) is 1. The fourth-order valence-electron chi connectivity index (χ4n) is 3.15. The number of amides is 2. The third kappa shape index (κ3) is 5.74. The predicted octanol–water partition coefficient (Wildman–Crippen LogP) is 4.33. The standard InChI is InChI=1S/C26H21N3O4/c30-24-15-20-7-5-4-6-19(20)14-23(24)26(32)29-27-16-18-10-12-22(13-11-18)33-17-25(31)28-21-8-2-1-3-9-21/h1-16,30H,17H2,(H,28,31)(H,29,32)/b27-16-. The van der Waals surface area contributed by atoms with Crippen LogP contribution in [0.1, 0.15) is 15.9 Å². The third-order valence-corrected chi connectivity index (χ3v) is 4.80. The summed E-state index contributed by atoms with van der Waals surface area (Å²) in [6, 6.07) is 26.7. The topological polar surface area (TPSA) is 100 Å². The second-order valence-electron chi connectivity index (χ2n) is 7.19. The fourth-order valence-corrected chi connectivity index (χ4v) is 3.15. The fraction of sp³-hybridized carbons (Fsp3) is 0.0385. The van der Waals surface area contributed by atoms with E-state index in [9.17, 15) is 14.7 Å². The summed E-state index contributed by atoms with van der Waals surface area (Å²) in [6.45, 7) is -0.117. The first-order valence-electron chi connectivity index (χ1n) is 10.2. The van der Waals surface area contributed by atoms with Gasteiger partial charge in [0.2, 0.25) is 0 Å². The highest BCUT2D eigenvalue weighted by atomic mass is 16.5. The molecule has 164 valence electrons. The van der Waals surface area contributed by atoms with Gasteiger partial charge in [-0.1, -0.05) is 42.5 Å². The van der Waals surface area contributed by atoms with Crippen molar-refractivity contribution in [1.29, 1.82) is 0 Å². The Labute approximate surface area is 190 Å². The van der Waals surface area contributed by atoms with Gasteiger partial charge in [0.1, 0.15) is 11.5 Å². The van der Waals surface area contributed by atoms with Crippen LogP contribution in [0, 0.1) is 0 Å². The molecular weight excluding hydrogens is 418 g/mol. The molecule has 0 aliphatic heterocycles. The number of carbonyl (C=O) groups excluding carboxylic acids is 2.